The number of hydrogen-bond donors (Lipinski definition) is 2. The fourth-order valence-corrected chi connectivity index (χ4v) is 3.06. The van der Waals surface area contributed by atoms with Gasteiger partial charge in [-0.1, -0.05) is 12.1 Å². The Bertz CT molecular complexity index is 590. The average molecular weight is 318 g/mol. The third kappa shape index (κ3) is 2.45. The van der Waals surface area contributed by atoms with Crippen molar-refractivity contribution < 1.29 is 0 Å². The lowest BCUT2D eigenvalue weighted by atomic mass is 9.90. The normalized spacial score (nSPS) is 13.9. The number of hydrogen-bond acceptors (Lipinski definition) is 3. The second-order valence-corrected chi connectivity index (χ2v) is 5.72. The molecule has 1 heterocycles. The lowest BCUT2D eigenvalue weighted by molar-refractivity contribution is 0.687. The largest absolute Gasteiger partial charge is 0.396 e. The van der Waals surface area contributed by atoms with Gasteiger partial charge in [0, 0.05) is 11.9 Å². The molecule has 0 unspecified atom stereocenters. The first-order valence-electron chi connectivity index (χ1n) is 6.52. The van der Waals surface area contributed by atoms with Crippen molar-refractivity contribution in [2.24, 2.45) is 0 Å². The van der Waals surface area contributed by atoms with Crippen molar-refractivity contribution in [1.29, 1.82) is 0 Å². The van der Waals surface area contributed by atoms with Crippen molar-refractivity contribution in [2.75, 3.05) is 11.1 Å². The highest BCUT2D eigenvalue weighted by molar-refractivity contribution is 9.10. The van der Waals surface area contributed by atoms with Crippen molar-refractivity contribution in [3.05, 3.63) is 46.2 Å². The van der Waals surface area contributed by atoms with Gasteiger partial charge in [0.1, 0.15) is 0 Å². The maximum Gasteiger partial charge on any atom is 0.0794 e. The molecule has 4 heteroatoms. The summed E-state index contributed by atoms with van der Waals surface area (Å²) in [5, 5.41) is 3.46. The van der Waals surface area contributed by atoms with Crippen LogP contribution in [0.5, 0.6) is 0 Å². The van der Waals surface area contributed by atoms with E-state index < -0.39 is 0 Å². The van der Waals surface area contributed by atoms with Gasteiger partial charge in [0.2, 0.25) is 0 Å². The Morgan fingerprint density at radius 3 is 2.84 bits per heavy atom. The predicted molar refractivity (Wildman–Crippen MR) is 82.7 cm³/mol. The number of fused-ring (bicyclic) bond motifs is 1. The van der Waals surface area contributed by atoms with Gasteiger partial charge in [-0.2, -0.15) is 0 Å². The Morgan fingerprint density at radius 1 is 1.16 bits per heavy atom. The molecule has 0 spiro atoms. The number of anilines is 3. The number of nitrogens with two attached hydrogens (primary N) is 1. The summed E-state index contributed by atoms with van der Waals surface area (Å²) in [6.45, 7) is 0. The van der Waals surface area contributed by atoms with E-state index in [0.29, 0.717) is 5.69 Å². The standard InChI is InChI=1S/C15H16BrN3/c16-12-8-18-9-13(17)15(12)19-14-7-3-5-10-4-1-2-6-11(10)14/h3,5,7-9H,1-2,4,6,17H2,(H,18,19). The minimum absolute atomic E-state index is 0.655. The minimum Gasteiger partial charge on any atom is -0.396 e. The number of aromatic nitrogens is 1. The summed E-state index contributed by atoms with van der Waals surface area (Å²) < 4.78 is 0.890. The van der Waals surface area contributed by atoms with Gasteiger partial charge in [-0.3, -0.25) is 4.98 Å². The molecule has 98 valence electrons. The van der Waals surface area contributed by atoms with E-state index in [1.165, 1.54) is 30.4 Å². The molecule has 0 amide bonds. The first-order valence-corrected chi connectivity index (χ1v) is 7.32. The molecule has 0 aliphatic heterocycles. The number of nitrogens with zero attached hydrogens (tertiary/aromatic N) is 1. The number of rotatable bonds is 2. The molecule has 3 N–H and O–H groups in total. The van der Waals surface area contributed by atoms with Crippen molar-refractivity contribution in [3.63, 3.8) is 0 Å². The van der Waals surface area contributed by atoms with Gasteiger partial charge in [-0.15, -0.1) is 0 Å². The molecule has 0 saturated heterocycles. The topological polar surface area (TPSA) is 50.9 Å². The molecule has 0 saturated carbocycles. The summed E-state index contributed by atoms with van der Waals surface area (Å²) in [5.41, 5.74) is 11.6. The van der Waals surface area contributed by atoms with E-state index >= 15 is 0 Å². The summed E-state index contributed by atoms with van der Waals surface area (Å²) >= 11 is 3.50. The second-order valence-electron chi connectivity index (χ2n) is 4.86. The Morgan fingerprint density at radius 2 is 2.00 bits per heavy atom. The van der Waals surface area contributed by atoms with Crippen LogP contribution in [0.3, 0.4) is 0 Å². The molecule has 1 aromatic carbocycles. The van der Waals surface area contributed by atoms with E-state index in [-0.39, 0.29) is 0 Å². The van der Waals surface area contributed by atoms with Gasteiger partial charge >= 0.3 is 0 Å². The first-order chi connectivity index (χ1) is 9.25. The molecule has 1 aliphatic rings. The lowest BCUT2D eigenvalue weighted by Gasteiger charge is -2.21. The van der Waals surface area contributed by atoms with Crippen LogP contribution in [0.1, 0.15) is 24.0 Å². The number of benzene rings is 1. The SMILES string of the molecule is Nc1cncc(Br)c1Nc1cccc2c1CCCC2. The first kappa shape index (κ1) is 12.5. The quantitative estimate of drug-likeness (QED) is 0.878. The fraction of sp³-hybridized carbons (Fsp3) is 0.267. The zero-order valence-corrected chi connectivity index (χ0v) is 12.2. The minimum atomic E-state index is 0.655. The maximum atomic E-state index is 5.99. The van der Waals surface area contributed by atoms with Crippen LogP contribution in [0.25, 0.3) is 0 Å². The van der Waals surface area contributed by atoms with Crippen LogP contribution in [-0.4, -0.2) is 4.98 Å². The number of nitrogen functional groups attached to an aromatic ring is 1. The molecule has 0 radical (unpaired) electrons. The highest BCUT2D eigenvalue weighted by Crippen LogP contribution is 2.34. The van der Waals surface area contributed by atoms with Gasteiger partial charge in [0.05, 0.1) is 22.0 Å². The van der Waals surface area contributed by atoms with Crippen LogP contribution in [0.2, 0.25) is 0 Å². The van der Waals surface area contributed by atoms with E-state index in [0.717, 1.165) is 22.3 Å². The van der Waals surface area contributed by atoms with E-state index in [1.54, 1.807) is 12.4 Å². The smallest absolute Gasteiger partial charge is 0.0794 e. The summed E-state index contributed by atoms with van der Waals surface area (Å²) in [4.78, 5) is 4.06. The number of aryl methyl sites for hydroxylation is 1. The Balaban J connectivity index is 2.00. The maximum absolute atomic E-state index is 5.99. The highest BCUT2D eigenvalue weighted by Gasteiger charge is 2.14. The molecule has 1 aliphatic carbocycles. The Hall–Kier alpha value is -1.55. The zero-order chi connectivity index (χ0) is 13.2. The molecule has 2 aromatic rings. The van der Waals surface area contributed by atoms with E-state index in [2.05, 4.69) is 44.4 Å². The summed E-state index contributed by atoms with van der Waals surface area (Å²) in [5.74, 6) is 0. The van der Waals surface area contributed by atoms with Crippen LogP contribution >= 0.6 is 15.9 Å². The Labute approximate surface area is 121 Å². The monoisotopic (exact) mass is 317 g/mol. The molecule has 0 atom stereocenters. The molecule has 3 rings (SSSR count). The van der Waals surface area contributed by atoms with E-state index in [9.17, 15) is 0 Å². The van der Waals surface area contributed by atoms with Gasteiger partial charge in [-0.05, 0) is 58.8 Å². The number of nitrogens with one attached hydrogen (secondary N) is 1. The highest BCUT2D eigenvalue weighted by atomic mass is 79.9. The van der Waals surface area contributed by atoms with Crippen LogP contribution in [0.4, 0.5) is 17.1 Å². The van der Waals surface area contributed by atoms with Crippen molar-refractivity contribution in [3.8, 4) is 0 Å². The second kappa shape index (κ2) is 5.21. The summed E-state index contributed by atoms with van der Waals surface area (Å²) in [6, 6.07) is 6.46. The van der Waals surface area contributed by atoms with Gasteiger partial charge in [0.15, 0.2) is 0 Å². The van der Waals surface area contributed by atoms with Crippen molar-refractivity contribution in [1.82, 2.24) is 4.98 Å². The van der Waals surface area contributed by atoms with Crippen molar-refractivity contribution in [2.45, 2.75) is 25.7 Å². The molecule has 0 fully saturated rings. The molecule has 1 aromatic heterocycles. The fourth-order valence-electron chi connectivity index (χ4n) is 2.61. The van der Waals surface area contributed by atoms with Gasteiger partial charge < -0.3 is 11.1 Å². The third-order valence-corrected chi connectivity index (χ3v) is 4.19. The van der Waals surface area contributed by atoms with Gasteiger partial charge in [-0.25, -0.2) is 0 Å². The molecule has 3 nitrogen and oxygen atoms in total. The number of pyridine rings is 1. The lowest BCUT2D eigenvalue weighted by Crippen LogP contribution is -2.07. The van der Waals surface area contributed by atoms with Crippen LogP contribution in [0.15, 0.2) is 35.1 Å². The van der Waals surface area contributed by atoms with E-state index in [4.69, 9.17) is 5.73 Å². The number of halogens is 1. The average Bonchev–Trinajstić information content (AvgIpc) is 2.43. The van der Waals surface area contributed by atoms with Crippen LogP contribution in [0, 0.1) is 0 Å². The summed E-state index contributed by atoms with van der Waals surface area (Å²) in [7, 11) is 0. The molecule has 19 heavy (non-hydrogen) atoms. The summed E-state index contributed by atoms with van der Waals surface area (Å²) in [6.07, 6.45) is 8.30. The van der Waals surface area contributed by atoms with Gasteiger partial charge in [0.25, 0.3) is 0 Å². The van der Waals surface area contributed by atoms with E-state index in [1.807, 2.05) is 0 Å². The predicted octanol–water partition coefficient (Wildman–Crippen LogP) is 4.05. The Kier molecular flexibility index (Phi) is 3.42. The third-order valence-electron chi connectivity index (χ3n) is 3.58. The molecular weight excluding hydrogens is 302 g/mol. The van der Waals surface area contributed by atoms with Crippen LogP contribution in [-0.2, 0) is 12.8 Å². The van der Waals surface area contributed by atoms with Crippen LogP contribution < -0.4 is 11.1 Å². The molecular formula is C15H16BrN3. The zero-order valence-electron chi connectivity index (χ0n) is 10.6. The van der Waals surface area contributed by atoms with Crippen molar-refractivity contribution >= 4 is 33.0 Å². The molecule has 0 bridgehead atoms.